The zero-order valence-corrected chi connectivity index (χ0v) is 16.5. The molecule has 3 aromatic rings. The van der Waals surface area contributed by atoms with Crippen molar-refractivity contribution in [3.8, 4) is 5.75 Å². The molecule has 2 aromatic carbocycles. The monoisotopic (exact) mass is 394 g/mol. The molecule has 1 saturated heterocycles. The van der Waals surface area contributed by atoms with Gasteiger partial charge < -0.3 is 15.2 Å². The Morgan fingerprint density at radius 2 is 2.24 bits per heavy atom. The van der Waals surface area contributed by atoms with Crippen LogP contribution < -0.4 is 10.1 Å². The van der Waals surface area contributed by atoms with Crippen molar-refractivity contribution in [2.45, 2.75) is 32.4 Å². The van der Waals surface area contributed by atoms with Crippen LogP contribution in [-0.4, -0.2) is 51.9 Å². The van der Waals surface area contributed by atoms with E-state index in [0.29, 0.717) is 11.8 Å². The largest absolute Gasteiger partial charge is 0.482 e. The van der Waals surface area contributed by atoms with Gasteiger partial charge in [-0.3, -0.25) is 10.00 Å². The van der Waals surface area contributed by atoms with Gasteiger partial charge in [-0.1, -0.05) is 12.1 Å². The number of nitrogens with one attached hydrogen (secondary N) is 2. The van der Waals surface area contributed by atoms with E-state index in [1.54, 1.807) is 0 Å². The second-order valence-electron chi connectivity index (χ2n) is 7.67. The van der Waals surface area contributed by atoms with Gasteiger partial charge in [-0.15, -0.1) is 0 Å². The Bertz CT molecular complexity index is 1000. The lowest BCUT2D eigenvalue weighted by atomic mass is 10.0. The number of aryl methyl sites for hydroxylation is 1. The van der Waals surface area contributed by atoms with E-state index in [1.807, 2.05) is 25.3 Å². The van der Waals surface area contributed by atoms with Crippen molar-refractivity contribution in [2.75, 3.05) is 25.0 Å². The number of carboxylic acids is 1. The Hall–Kier alpha value is -3.06. The number of carboxylic acid groups (broad SMARTS) is 1. The van der Waals surface area contributed by atoms with Gasteiger partial charge in [0, 0.05) is 30.2 Å². The van der Waals surface area contributed by atoms with Crippen molar-refractivity contribution in [1.29, 1.82) is 0 Å². The normalized spacial score (nSPS) is 17.3. The zero-order valence-electron chi connectivity index (χ0n) is 16.5. The van der Waals surface area contributed by atoms with Crippen LogP contribution in [0, 0.1) is 6.92 Å². The van der Waals surface area contributed by atoms with E-state index in [0.717, 1.165) is 60.2 Å². The first-order valence-electron chi connectivity index (χ1n) is 9.93. The molecule has 0 saturated carbocycles. The van der Waals surface area contributed by atoms with Gasteiger partial charge in [-0.2, -0.15) is 5.10 Å². The van der Waals surface area contributed by atoms with Crippen molar-refractivity contribution in [3.63, 3.8) is 0 Å². The molecule has 0 radical (unpaired) electrons. The number of piperidine rings is 1. The summed E-state index contributed by atoms with van der Waals surface area (Å²) >= 11 is 0. The summed E-state index contributed by atoms with van der Waals surface area (Å²) in [5.74, 6) is -0.321. The second-order valence-corrected chi connectivity index (χ2v) is 7.67. The third kappa shape index (κ3) is 4.86. The number of hydrogen-bond acceptors (Lipinski definition) is 5. The van der Waals surface area contributed by atoms with Crippen LogP contribution in [0.1, 0.15) is 24.0 Å². The van der Waals surface area contributed by atoms with Crippen molar-refractivity contribution >= 4 is 22.6 Å². The maximum atomic E-state index is 10.8. The van der Waals surface area contributed by atoms with Crippen LogP contribution in [0.5, 0.6) is 5.75 Å². The number of hydrogen-bond donors (Lipinski definition) is 3. The van der Waals surface area contributed by atoms with Gasteiger partial charge in [-0.25, -0.2) is 4.79 Å². The fraction of sp³-hybridized carbons (Fsp3) is 0.364. The molecule has 29 heavy (non-hydrogen) atoms. The van der Waals surface area contributed by atoms with E-state index in [-0.39, 0.29) is 6.61 Å². The number of anilines is 1. The number of benzene rings is 2. The van der Waals surface area contributed by atoms with Crippen LogP contribution in [0.3, 0.4) is 0 Å². The van der Waals surface area contributed by atoms with Gasteiger partial charge in [0.25, 0.3) is 0 Å². The Morgan fingerprint density at radius 1 is 1.34 bits per heavy atom. The molecule has 7 heteroatoms. The lowest BCUT2D eigenvalue weighted by molar-refractivity contribution is -0.139. The lowest BCUT2D eigenvalue weighted by Crippen LogP contribution is -2.41. The van der Waals surface area contributed by atoms with Crippen LogP contribution in [-0.2, 0) is 11.3 Å². The molecular weight excluding hydrogens is 368 g/mol. The Morgan fingerprint density at radius 3 is 3.10 bits per heavy atom. The molecule has 0 spiro atoms. The number of H-pyrrole nitrogens is 1. The van der Waals surface area contributed by atoms with E-state index in [9.17, 15) is 4.79 Å². The summed E-state index contributed by atoms with van der Waals surface area (Å²) in [5, 5.41) is 20.7. The number of rotatable bonds is 7. The van der Waals surface area contributed by atoms with Crippen LogP contribution in [0.4, 0.5) is 5.69 Å². The van der Waals surface area contributed by atoms with Crippen molar-refractivity contribution in [3.05, 3.63) is 53.7 Å². The molecule has 1 atom stereocenters. The smallest absolute Gasteiger partial charge is 0.341 e. The first kappa shape index (κ1) is 19.3. The highest BCUT2D eigenvalue weighted by atomic mass is 16.5. The van der Waals surface area contributed by atoms with Gasteiger partial charge in [0.15, 0.2) is 6.61 Å². The summed E-state index contributed by atoms with van der Waals surface area (Å²) in [4.78, 5) is 13.2. The molecule has 3 N–H and O–H groups in total. The highest BCUT2D eigenvalue weighted by Crippen LogP contribution is 2.24. The minimum absolute atomic E-state index is 0.318. The summed E-state index contributed by atoms with van der Waals surface area (Å²) in [7, 11) is 0. The molecule has 0 aliphatic carbocycles. The fourth-order valence-corrected chi connectivity index (χ4v) is 3.88. The Balaban J connectivity index is 1.38. The molecule has 1 unspecified atom stereocenters. The summed E-state index contributed by atoms with van der Waals surface area (Å²) < 4.78 is 5.42. The van der Waals surface area contributed by atoms with Crippen LogP contribution in [0.2, 0.25) is 0 Å². The maximum absolute atomic E-state index is 10.8. The van der Waals surface area contributed by atoms with Gasteiger partial charge in [-0.05, 0) is 61.7 Å². The third-order valence-corrected chi connectivity index (χ3v) is 5.33. The molecular formula is C22H26N4O3. The first-order chi connectivity index (χ1) is 14.1. The standard InChI is InChI=1S/C22H26N4O3/c1-15-4-5-16(9-21(15)29-14-22(27)28)12-26-8-2-3-19(13-26)24-18-6-7-20-17(10-18)11-23-25-20/h4-7,9-11,19,24H,2-3,8,12-14H2,1H3,(H,23,25)(H,27,28). The Labute approximate surface area is 169 Å². The molecule has 1 aliphatic heterocycles. The summed E-state index contributed by atoms with van der Waals surface area (Å²) in [5.41, 5.74) is 4.24. The minimum Gasteiger partial charge on any atom is -0.482 e. The molecule has 1 fully saturated rings. The summed E-state index contributed by atoms with van der Waals surface area (Å²) in [6, 6.07) is 12.7. The third-order valence-electron chi connectivity index (χ3n) is 5.33. The predicted molar refractivity (Wildman–Crippen MR) is 112 cm³/mol. The SMILES string of the molecule is Cc1ccc(CN2CCCC(Nc3ccc4[nH]ncc4c3)C2)cc1OCC(=O)O. The Kier molecular flexibility index (Phi) is 5.67. The lowest BCUT2D eigenvalue weighted by Gasteiger charge is -2.33. The predicted octanol–water partition coefficient (Wildman–Crippen LogP) is 3.41. The number of aliphatic carboxylic acids is 1. The van der Waals surface area contributed by atoms with Crippen LogP contribution >= 0.6 is 0 Å². The van der Waals surface area contributed by atoms with E-state index < -0.39 is 5.97 Å². The quantitative estimate of drug-likeness (QED) is 0.569. The summed E-state index contributed by atoms with van der Waals surface area (Å²) in [6.45, 7) is 4.45. The zero-order chi connectivity index (χ0) is 20.2. The number of fused-ring (bicyclic) bond motifs is 1. The van der Waals surface area contributed by atoms with Gasteiger partial charge in [0.1, 0.15) is 5.75 Å². The number of carbonyl (C=O) groups is 1. The first-order valence-corrected chi connectivity index (χ1v) is 9.93. The number of aromatic nitrogens is 2. The number of aromatic amines is 1. The van der Waals surface area contributed by atoms with E-state index in [2.05, 4.69) is 44.7 Å². The second kappa shape index (κ2) is 8.53. The highest BCUT2D eigenvalue weighted by Gasteiger charge is 2.20. The van der Waals surface area contributed by atoms with Gasteiger partial charge >= 0.3 is 5.97 Å². The molecule has 0 bridgehead atoms. The summed E-state index contributed by atoms with van der Waals surface area (Å²) in [6.07, 6.45) is 4.12. The average Bonchev–Trinajstić information content (AvgIpc) is 3.16. The van der Waals surface area contributed by atoms with E-state index in [4.69, 9.17) is 9.84 Å². The highest BCUT2D eigenvalue weighted by molar-refractivity contribution is 5.81. The van der Waals surface area contributed by atoms with Crippen molar-refractivity contribution in [1.82, 2.24) is 15.1 Å². The van der Waals surface area contributed by atoms with Crippen molar-refractivity contribution < 1.29 is 14.6 Å². The van der Waals surface area contributed by atoms with E-state index in [1.165, 1.54) is 0 Å². The fourth-order valence-electron chi connectivity index (χ4n) is 3.88. The number of nitrogens with zero attached hydrogens (tertiary/aromatic N) is 2. The van der Waals surface area contributed by atoms with Crippen LogP contribution in [0.25, 0.3) is 10.9 Å². The number of ether oxygens (including phenoxy) is 1. The van der Waals surface area contributed by atoms with Crippen molar-refractivity contribution in [2.24, 2.45) is 0 Å². The molecule has 152 valence electrons. The minimum atomic E-state index is -0.964. The van der Waals surface area contributed by atoms with Crippen LogP contribution in [0.15, 0.2) is 42.6 Å². The van der Waals surface area contributed by atoms with E-state index >= 15 is 0 Å². The average molecular weight is 394 g/mol. The molecule has 2 heterocycles. The molecule has 1 aliphatic rings. The van der Waals surface area contributed by atoms with Gasteiger partial charge in [0.05, 0.1) is 11.7 Å². The molecule has 7 nitrogen and oxygen atoms in total. The molecule has 1 aromatic heterocycles. The maximum Gasteiger partial charge on any atom is 0.341 e. The molecule has 0 amide bonds. The number of likely N-dealkylation sites (tertiary alicyclic amines) is 1. The topological polar surface area (TPSA) is 90.5 Å². The molecule has 4 rings (SSSR count). The van der Waals surface area contributed by atoms with Gasteiger partial charge in [0.2, 0.25) is 0 Å².